The zero-order valence-electron chi connectivity index (χ0n) is 12.2. The molecule has 110 valence electrons. The van der Waals surface area contributed by atoms with Crippen LogP contribution in [0.5, 0.6) is 0 Å². The number of amides is 2. The van der Waals surface area contributed by atoms with E-state index >= 15 is 0 Å². The van der Waals surface area contributed by atoms with Crippen molar-refractivity contribution in [3.05, 3.63) is 35.9 Å². The molecule has 1 fully saturated rings. The second kappa shape index (κ2) is 7.23. The molecule has 0 saturated carbocycles. The van der Waals surface area contributed by atoms with Crippen LogP contribution in [0.4, 0.5) is 4.79 Å². The number of ether oxygens (including phenoxy) is 1. The van der Waals surface area contributed by atoms with Crippen molar-refractivity contribution in [3.8, 4) is 0 Å². The summed E-state index contributed by atoms with van der Waals surface area (Å²) in [6.07, 6.45) is -0.831. The maximum atomic E-state index is 11.4. The van der Waals surface area contributed by atoms with Gasteiger partial charge in [0.05, 0.1) is 6.54 Å². The van der Waals surface area contributed by atoms with Gasteiger partial charge in [-0.05, 0) is 5.56 Å². The molecule has 0 aromatic heterocycles. The number of carbonyl (C=O) groups is 2. The predicted octanol–water partition coefficient (Wildman–Crippen LogP) is -2.96. The molecular weight excluding hydrogens is 311 g/mol. The molecule has 1 unspecified atom stereocenters. The van der Waals surface area contributed by atoms with E-state index in [9.17, 15) is 18.0 Å². The Labute approximate surface area is 145 Å². The first-order valence-corrected chi connectivity index (χ1v) is 7.04. The molecule has 1 atom stereocenters. The first kappa shape index (κ1) is 17.9. The normalized spacial score (nSPS) is 17.5. The SMILES string of the molecule is O=C(NC1CN(S(=O)(=O)O)C1=O)OCc1ccccc1.[H-].[Na+]. The van der Waals surface area contributed by atoms with Gasteiger partial charge < -0.3 is 11.5 Å². The molecule has 10 heteroatoms. The van der Waals surface area contributed by atoms with Crippen LogP contribution in [0, 0.1) is 0 Å². The van der Waals surface area contributed by atoms with Crippen molar-refractivity contribution in [1.29, 1.82) is 0 Å². The van der Waals surface area contributed by atoms with Crippen LogP contribution >= 0.6 is 0 Å². The number of rotatable bonds is 4. The standard InChI is InChI=1S/C11H12N2O6S.Na.H/c14-10-9(6-13(10)20(16,17)18)12-11(15)19-7-8-4-2-1-3-5-8;;/h1-5,9H,6-7H2,(H,12,15)(H,16,17,18);;/q;+1;-1. The number of hydrogen-bond donors (Lipinski definition) is 2. The van der Waals surface area contributed by atoms with Crippen molar-refractivity contribution >= 4 is 22.3 Å². The number of nitrogens with zero attached hydrogens (tertiary/aromatic N) is 1. The monoisotopic (exact) mass is 324 g/mol. The van der Waals surface area contributed by atoms with E-state index in [0.29, 0.717) is 0 Å². The minimum absolute atomic E-state index is 0. The van der Waals surface area contributed by atoms with Crippen LogP contribution in [0.25, 0.3) is 0 Å². The molecule has 0 spiro atoms. The Balaban J connectivity index is 0.00000220. The Morgan fingerprint density at radius 1 is 1.43 bits per heavy atom. The van der Waals surface area contributed by atoms with Crippen LogP contribution in [0.3, 0.4) is 0 Å². The molecule has 0 bridgehead atoms. The summed E-state index contributed by atoms with van der Waals surface area (Å²) in [6, 6.07) is 7.93. The maximum absolute atomic E-state index is 11.4. The smallest absolute Gasteiger partial charge is 1.00 e. The van der Waals surface area contributed by atoms with Crippen molar-refractivity contribution < 1.29 is 58.3 Å². The van der Waals surface area contributed by atoms with E-state index in [0.717, 1.165) is 5.56 Å². The Hall–Kier alpha value is -1.13. The van der Waals surface area contributed by atoms with E-state index in [1.54, 1.807) is 24.3 Å². The summed E-state index contributed by atoms with van der Waals surface area (Å²) < 4.78 is 35.1. The number of benzene rings is 1. The molecule has 1 heterocycles. The number of carbonyl (C=O) groups excluding carboxylic acids is 2. The number of alkyl carbamates (subject to hydrolysis) is 1. The average molecular weight is 324 g/mol. The first-order valence-electron chi connectivity index (χ1n) is 5.64. The van der Waals surface area contributed by atoms with Crippen molar-refractivity contribution in [1.82, 2.24) is 9.62 Å². The van der Waals surface area contributed by atoms with Crippen molar-refractivity contribution in [2.75, 3.05) is 6.54 Å². The van der Waals surface area contributed by atoms with Gasteiger partial charge in [-0.15, -0.1) is 0 Å². The molecule has 1 aromatic rings. The van der Waals surface area contributed by atoms with Gasteiger partial charge in [0.15, 0.2) is 0 Å². The van der Waals surface area contributed by atoms with Gasteiger partial charge in [-0.1, -0.05) is 30.3 Å². The Bertz CT molecular complexity index is 627. The Morgan fingerprint density at radius 3 is 2.57 bits per heavy atom. The van der Waals surface area contributed by atoms with Gasteiger partial charge in [0.1, 0.15) is 12.6 Å². The molecule has 1 saturated heterocycles. The van der Waals surface area contributed by atoms with Gasteiger partial charge in [-0.3, -0.25) is 9.35 Å². The molecule has 2 amide bonds. The first-order chi connectivity index (χ1) is 9.38. The number of nitrogens with one attached hydrogen (secondary N) is 1. The van der Waals surface area contributed by atoms with E-state index in [2.05, 4.69) is 5.32 Å². The van der Waals surface area contributed by atoms with E-state index in [-0.39, 0.29) is 48.4 Å². The summed E-state index contributed by atoms with van der Waals surface area (Å²) in [4.78, 5) is 22.7. The van der Waals surface area contributed by atoms with Crippen LogP contribution in [0.1, 0.15) is 6.99 Å². The van der Waals surface area contributed by atoms with E-state index in [1.807, 2.05) is 6.07 Å². The molecule has 1 aromatic carbocycles. The molecule has 0 radical (unpaired) electrons. The van der Waals surface area contributed by atoms with E-state index in [1.165, 1.54) is 0 Å². The largest absolute Gasteiger partial charge is 1.00 e. The van der Waals surface area contributed by atoms with Gasteiger partial charge >= 0.3 is 46.0 Å². The minimum Gasteiger partial charge on any atom is -1.00 e. The molecule has 21 heavy (non-hydrogen) atoms. The fourth-order valence-corrected chi connectivity index (χ4v) is 2.31. The summed E-state index contributed by atoms with van der Waals surface area (Å²) in [5, 5.41) is 2.21. The van der Waals surface area contributed by atoms with Crippen LogP contribution in [0.15, 0.2) is 30.3 Å². The molecular formula is C11H13N2NaO6S. The van der Waals surface area contributed by atoms with Gasteiger partial charge in [0, 0.05) is 0 Å². The summed E-state index contributed by atoms with van der Waals surface area (Å²) in [5.41, 5.74) is 0.780. The maximum Gasteiger partial charge on any atom is 1.00 e. The van der Waals surface area contributed by atoms with Gasteiger partial charge in [0.2, 0.25) is 0 Å². The van der Waals surface area contributed by atoms with Gasteiger partial charge in [0.25, 0.3) is 5.91 Å². The Morgan fingerprint density at radius 2 is 2.05 bits per heavy atom. The third-order valence-electron chi connectivity index (χ3n) is 2.68. The topological polar surface area (TPSA) is 113 Å². The van der Waals surface area contributed by atoms with Crippen molar-refractivity contribution in [2.24, 2.45) is 0 Å². The molecule has 0 aliphatic carbocycles. The average Bonchev–Trinajstić information content (AvgIpc) is 2.40. The molecule has 2 N–H and O–H groups in total. The Kier molecular flexibility index (Phi) is 6.17. The zero-order chi connectivity index (χ0) is 14.8. The van der Waals surface area contributed by atoms with Crippen LogP contribution in [-0.2, 0) is 26.4 Å². The summed E-state index contributed by atoms with van der Waals surface area (Å²) in [6.45, 7) is -0.270. The minimum atomic E-state index is -4.55. The van der Waals surface area contributed by atoms with Crippen molar-refractivity contribution in [3.63, 3.8) is 0 Å². The van der Waals surface area contributed by atoms with Gasteiger partial charge in [-0.25, -0.2) is 9.10 Å². The molecule has 2 rings (SSSR count). The number of β-lactam (4-membered cyclic amide) rings is 1. The second-order valence-corrected chi connectivity index (χ2v) is 5.44. The summed E-state index contributed by atoms with van der Waals surface area (Å²) >= 11 is 0. The molecule has 1 aliphatic rings. The fraction of sp³-hybridized carbons (Fsp3) is 0.273. The van der Waals surface area contributed by atoms with Crippen LogP contribution in [0.2, 0.25) is 0 Å². The second-order valence-electron chi connectivity index (χ2n) is 4.11. The molecule has 1 aliphatic heterocycles. The number of hydrogen-bond acceptors (Lipinski definition) is 5. The van der Waals surface area contributed by atoms with Gasteiger partial charge in [-0.2, -0.15) is 8.42 Å². The van der Waals surface area contributed by atoms with Crippen LogP contribution < -0.4 is 34.9 Å². The van der Waals surface area contributed by atoms with Crippen molar-refractivity contribution in [2.45, 2.75) is 12.6 Å². The quantitative estimate of drug-likeness (QED) is 0.348. The molecule has 8 nitrogen and oxygen atoms in total. The van der Waals surface area contributed by atoms with E-state index in [4.69, 9.17) is 9.29 Å². The summed E-state index contributed by atoms with van der Waals surface area (Å²) in [5.74, 6) is -0.899. The zero-order valence-corrected chi connectivity index (χ0v) is 14.0. The predicted molar refractivity (Wildman–Crippen MR) is 67.9 cm³/mol. The summed E-state index contributed by atoms with van der Waals surface area (Å²) in [7, 11) is -4.55. The third-order valence-corrected chi connectivity index (χ3v) is 3.56. The fourth-order valence-electron chi connectivity index (χ4n) is 1.62. The van der Waals surface area contributed by atoms with Crippen LogP contribution in [-0.4, -0.2) is 41.9 Å². The third kappa shape index (κ3) is 4.68. The van der Waals surface area contributed by atoms with E-state index < -0.39 is 28.3 Å².